The Balaban J connectivity index is 2.78. The molecule has 0 saturated heterocycles. The Morgan fingerprint density at radius 1 is 0.786 bits per heavy atom. The molecular formula is C12H26BrN. The molecular weight excluding hydrogens is 238 g/mol. The maximum atomic E-state index is 3.49. The van der Waals surface area contributed by atoms with Crippen molar-refractivity contribution in [1.29, 1.82) is 0 Å². The third-order valence-electron chi connectivity index (χ3n) is 2.44. The van der Waals surface area contributed by atoms with Gasteiger partial charge in [-0.15, -0.1) is 0 Å². The van der Waals surface area contributed by atoms with E-state index in [1.807, 2.05) is 0 Å². The van der Waals surface area contributed by atoms with E-state index < -0.39 is 0 Å². The molecule has 0 fully saturated rings. The standard InChI is InChI=1S/C12H26BrN/c1-2-3-4-5-6-8-11-14-12-9-7-10-13/h14H,2-12H2,1H3. The summed E-state index contributed by atoms with van der Waals surface area (Å²) in [5.41, 5.74) is 0. The van der Waals surface area contributed by atoms with E-state index in [0.717, 1.165) is 5.33 Å². The molecule has 86 valence electrons. The van der Waals surface area contributed by atoms with Crippen molar-refractivity contribution in [2.75, 3.05) is 18.4 Å². The first-order valence-electron chi connectivity index (χ1n) is 6.18. The van der Waals surface area contributed by atoms with Crippen molar-refractivity contribution < 1.29 is 0 Å². The quantitative estimate of drug-likeness (QED) is 0.437. The number of hydrogen-bond acceptors (Lipinski definition) is 1. The van der Waals surface area contributed by atoms with Crippen LogP contribution in [-0.4, -0.2) is 18.4 Å². The molecule has 0 aliphatic carbocycles. The molecule has 0 unspecified atom stereocenters. The molecule has 0 saturated carbocycles. The first kappa shape index (κ1) is 14.4. The predicted molar refractivity (Wildman–Crippen MR) is 69.3 cm³/mol. The smallest absolute Gasteiger partial charge is 0.00317 e. The molecule has 0 aromatic carbocycles. The van der Waals surface area contributed by atoms with Crippen molar-refractivity contribution in [3.63, 3.8) is 0 Å². The van der Waals surface area contributed by atoms with Crippen LogP contribution in [0.3, 0.4) is 0 Å². The van der Waals surface area contributed by atoms with Crippen molar-refractivity contribution in [1.82, 2.24) is 5.32 Å². The maximum Gasteiger partial charge on any atom is 0.00317 e. The van der Waals surface area contributed by atoms with Gasteiger partial charge in [0.1, 0.15) is 0 Å². The summed E-state index contributed by atoms with van der Waals surface area (Å²) in [6.07, 6.45) is 11.0. The van der Waals surface area contributed by atoms with Crippen LogP contribution in [0.25, 0.3) is 0 Å². The van der Waals surface area contributed by atoms with Crippen LogP contribution in [-0.2, 0) is 0 Å². The number of unbranched alkanes of at least 4 members (excludes halogenated alkanes) is 6. The van der Waals surface area contributed by atoms with Gasteiger partial charge in [0.05, 0.1) is 0 Å². The lowest BCUT2D eigenvalue weighted by atomic mass is 10.1. The first-order valence-corrected chi connectivity index (χ1v) is 7.30. The third kappa shape index (κ3) is 12.4. The SMILES string of the molecule is CCCCCCCCNCCCCBr. The Labute approximate surface area is 98.2 Å². The summed E-state index contributed by atoms with van der Waals surface area (Å²) in [5, 5.41) is 4.63. The fourth-order valence-corrected chi connectivity index (χ4v) is 1.90. The van der Waals surface area contributed by atoms with Crippen molar-refractivity contribution >= 4 is 15.9 Å². The van der Waals surface area contributed by atoms with Crippen LogP contribution in [0.5, 0.6) is 0 Å². The van der Waals surface area contributed by atoms with Gasteiger partial charge in [0, 0.05) is 5.33 Å². The minimum Gasteiger partial charge on any atom is -0.317 e. The van der Waals surface area contributed by atoms with Crippen LogP contribution in [0.2, 0.25) is 0 Å². The molecule has 0 radical (unpaired) electrons. The normalized spacial score (nSPS) is 10.7. The molecule has 0 aliphatic rings. The van der Waals surface area contributed by atoms with Crippen LogP contribution >= 0.6 is 15.9 Å². The van der Waals surface area contributed by atoms with Gasteiger partial charge in [-0.05, 0) is 32.4 Å². The second-order valence-corrected chi connectivity index (χ2v) is 4.71. The predicted octanol–water partition coefficient (Wildman–Crippen LogP) is 4.11. The van der Waals surface area contributed by atoms with Gasteiger partial charge in [-0.3, -0.25) is 0 Å². The summed E-state index contributed by atoms with van der Waals surface area (Å²) in [6.45, 7) is 4.68. The van der Waals surface area contributed by atoms with Crippen LogP contribution in [0.1, 0.15) is 58.3 Å². The zero-order valence-corrected chi connectivity index (χ0v) is 11.2. The molecule has 2 heteroatoms. The molecule has 0 aromatic heterocycles. The Bertz CT molecular complexity index is 84.3. The van der Waals surface area contributed by atoms with E-state index in [9.17, 15) is 0 Å². The summed E-state index contributed by atoms with van der Waals surface area (Å²) >= 11 is 3.44. The lowest BCUT2D eigenvalue weighted by molar-refractivity contribution is 0.564. The van der Waals surface area contributed by atoms with Crippen LogP contribution < -0.4 is 5.32 Å². The molecule has 0 aromatic rings. The highest BCUT2D eigenvalue weighted by Gasteiger charge is 1.90. The molecule has 1 nitrogen and oxygen atoms in total. The Morgan fingerprint density at radius 2 is 1.36 bits per heavy atom. The molecule has 0 amide bonds. The Hall–Kier alpha value is 0.440. The lowest BCUT2D eigenvalue weighted by Crippen LogP contribution is -2.16. The second-order valence-electron chi connectivity index (χ2n) is 3.91. The molecule has 1 N–H and O–H groups in total. The minimum absolute atomic E-state index is 1.14. The average molecular weight is 264 g/mol. The van der Waals surface area contributed by atoms with E-state index in [4.69, 9.17) is 0 Å². The molecule has 0 atom stereocenters. The molecule has 0 rings (SSSR count). The van der Waals surface area contributed by atoms with Crippen LogP contribution in [0, 0.1) is 0 Å². The van der Waals surface area contributed by atoms with Gasteiger partial charge in [0.2, 0.25) is 0 Å². The molecule has 0 spiro atoms. The van der Waals surface area contributed by atoms with E-state index >= 15 is 0 Å². The minimum atomic E-state index is 1.14. The highest BCUT2D eigenvalue weighted by Crippen LogP contribution is 2.04. The van der Waals surface area contributed by atoms with Gasteiger partial charge in [-0.2, -0.15) is 0 Å². The first-order chi connectivity index (χ1) is 6.91. The fourth-order valence-electron chi connectivity index (χ4n) is 1.50. The van der Waals surface area contributed by atoms with Gasteiger partial charge in [0.15, 0.2) is 0 Å². The number of nitrogens with one attached hydrogen (secondary N) is 1. The van der Waals surface area contributed by atoms with E-state index in [0.29, 0.717) is 0 Å². The van der Waals surface area contributed by atoms with Crippen molar-refractivity contribution in [2.24, 2.45) is 0 Å². The summed E-state index contributed by atoms with van der Waals surface area (Å²) in [4.78, 5) is 0. The number of alkyl halides is 1. The highest BCUT2D eigenvalue weighted by molar-refractivity contribution is 9.09. The van der Waals surface area contributed by atoms with Gasteiger partial charge in [-0.25, -0.2) is 0 Å². The van der Waals surface area contributed by atoms with Crippen molar-refractivity contribution in [3.05, 3.63) is 0 Å². The Morgan fingerprint density at radius 3 is 2.00 bits per heavy atom. The molecule has 0 bridgehead atoms. The van der Waals surface area contributed by atoms with Gasteiger partial charge >= 0.3 is 0 Å². The third-order valence-corrected chi connectivity index (χ3v) is 3.01. The van der Waals surface area contributed by atoms with Crippen LogP contribution in [0.15, 0.2) is 0 Å². The topological polar surface area (TPSA) is 12.0 Å². The van der Waals surface area contributed by atoms with Gasteiger partial charge < -0.3 is 5.32 Å². The highest BCUT2D eigenvalue weighted by atomic mass is 79.9. The van der Waals surface area contributed by atoms with Crippen molar-refractivity contribution in [2.45, 2.75) is 58.3 Å². The Kier molecular flexibility index (Phi) is 13.9. The monoisotopic (exact) mass is 263 g/mol. The number of rotatable bonds is 11. The van der Waals surface area contributed by atoms with Gasteiger partial charge in [0.25, 0.3) is 0 Å². The maximum absolute atomic E-state index is 3.49. The van der Waals surface area contributed by atoms with Crippen LogP contribution in [0.4, 0.5) is 0 Å². The largest absolute Gasteiger partial charge is 0.317 e. The average Bonchev–Trinajstić information content (AvgIpc) is 2.21. The summed E-state index contributed by atoms with van der Waals surface area (Å²) in [5.74, 6) is 0. The van der Waals surface area contributed by atoms with E-state index in [1.54, 1.807) is 0 Å². The summed E-state index contributed by atoms with van der Waals surface area (Å²) < 4.78 is 0. The summed E-state index contributed by atoms with van der Waals surface area (Å²) in [6, 6.07) is 0. The van der Waals surface area contributed by atoms with E-state index in [-0.39, 0.29) is 0 Å². The lowest BCUT2D eigenvalue weighted by Gasteiger charge is -2.03. The second kappa shape index (κ2) is 13.4. The molecule has 0 aliphatic heterocycles. The van der Waals surface area contributed by atoms with E-state index in [2.05, 4.69) is 28.2 Å². The number of halogens is 1. The zero-order valence-electron chi connectivity index (χ0n) is 9.66. The summed E-state index contributed by atoms with van der Waals surface area (Å²) in [7, 11) is 0. The van der Waals surface area contributed by atoms with E-state index in [1.165, 1.54) is 64.5 Å². The van der Waals surface area contributed by atoms with Gasteiger partial charge in [-0.1, -0.05) is 55.0 Å². The molecule has 0 heterocycles. The number of hydrogen-bond donors (Lipinski definition) is 1. The zero-order chi connectivity index (χ0) is 10.5. The molecule has 14 heavy (non-hydrogen) atoms. The fraction of sp³-hybridized carbons (Fsp3) is 1.00. The van der Waals surface area contributed by atoms with Crippen molar-refractivity contribution in [3.8, 4) is 0 Å².